The molecule has 5 nitrogen and oxygen atoms in total. The van der Waals surface area contributed by atoms with Crippen LogP contribution in [0.3, 0.4) is 0 Å². The summed E-state index contributed by atoms with van der Waals surface area (Å²) < 4.78 is 0. The smallest absolute Gasteiger partial charge is 0.128 e. The maximum Gasteiger partial charge on any atom is 0.128 e. The summed E-state index contributed by atoms with van der Waals surface area (Å²) >= 11 is 12.6. The third kappa shape index (κ3) is 6.61. The molecule has 2 fully saturated rings. The maximum absolute atomic E-state index is 6.52. The van der Waals surface area contributed by atoms with Crippen LogP contribution in [0.2, 0.25) is 10.0 Å². The molecule has 2 aromatic rings. The van der Waals surface area contributed by atoms with Crippen LogP contribution in [-0.2, 0) is 0 Å². The van der Waals surface area contributed by atoms with Crippen LogP contribution in [0.15, 0.2) is 83.8 Å². The Balaban J connectivity index is 0.959. The molecule has 1 saturated heterocycles. The van der Waals surface area contributed by atoms with Crippen molar-refractivity contribution in [1.29, 1.82) is 0 Å². The number of hydrogen-bond donors (Lipinski definition) is 0. The second-order valence-corrected chi connectivity index (χ2v) is 14.2. The summed E-state index contributed by atoms with van der Waals surface area (Å²) in [6.07, 6.45) is 17.6. The monoisotopic (exact) mass is 631 g/mol. The molecule has 2 aliphatic heterocycles. The largest absolute Gasteiger partial charge is 0.369 e. The fourth-order valence-electron chi connectivity index (χ4n) is 7.41. The molecule has 3 unspecified atom stereocenters. The molecular formula is C37H47Cl2N5. The zero-order valence-corrected chi connectivity index (χ0v) is 28.1. The first-order valence-corrected chi connectivity index (χ1v) is 17.2. The van der Waals surface area contributed by atoms with Crippen LogP contribution < -0.4 is 9.80 Å². The molecule has 0 N–H and O–H groups in total. The molecule has 44 heavy (non-hydrogen) atoms. The lowest BCUT2D eigenvalue weighted by Gasteiger charge is -2.46. The van der Waals surface area contributed by atoms with E-state index in [0.29, 0.717) is 12.0 Å². The number of hydrazone groups is 1. The molecule has 0 spiro atoms. The summed E-state index contributed by atoms with van der Waals surface area (Å²) in [5.74, 6) is 2.26. The molecule has 0 aromatic heterocycles. The normalized spacial score (nSPS) is 26.5. The number of allylic oxidation sites excluding steroid dienone is 2. The highest BCUT2D eigenvalue weighted by Crippen LogP contribution is 2.44. The van der Waals surface area contributed by atoms with Crippen LogP contribution in [0.1, 0.15) is 77.2 Å². The van der Waals surface area contributed by atoms with Gasteiger partial charge >= 0.3 is 0 Å². The summed E-state index contributed by atoms with van der Waals surface area (Å²) in [6, 6.07) is 15.2. The molecule has 0 amide bonds. The zero-order chi connectivity index (χ0) is 30.8. The number of benzene rings is 2. The number of piperazine rings is 1. The Bertz CT molecular complexity index is 1420. The molecule has 7 heteroatoms. The first-order valence-electron chi connectivity index (χ1n) is 16.5. The molecule has 234 valence electrons. The van der Waals surface area contributed by atoms with E-state index < -0.39 is 0 Å². The predicted octanol–water partition coefficient (Wildman–Crippen LogP) is 9.46. The van der Waals surface area contributed by atoms with Crippen LogP contribution in [0, 0.1) is 5.92 Å². The van der Waals surface area contributed by atoms with E-state index in [1.807, 2.05) is 23.5 Å². The van der Waals surface area contributed by atoms with Gasteiger partial charge in [0.1, 0.15) is 12.2 Å². The van der Waals surface area contributed by atoms with Gasteiger partial charge in [-0.3, -0.25) is 9.80 Å². The van der Waals surface area contributed by atoms with Crippen molar-refractivity contribution in [3.63, 3.8) is 0 Å². The number of rotatable bonds is 9. The van der Waals surface area contributed by atoms with Gasteiger partial charge in [-0.05, 0) is 113 Å². The fraction of sp³-hybridized carbons (Fsp3) is 0.486. The lowest BCUT2D eigenvalue weighted by molar-refractivity contribution is 0.137. The summed E-state index contributed by atoms with van der Waals surface area (Å²) in [6.45, 7) is 15.3. The SMILES string of the molecule is C=C1N(c2ccc(N3CCN(C4(C)C=CC(CC[C@@H]5CCC(c6ccc(Cl)cc6Cl)C5)=CC4)CC3)cc2)C=NN1C(C)CC. The quantitative estimate of drug-likeness (QED) is 0.275. The second kappa shape index (κ2) is 13.3. The minimum atomic E-state index is 0.0974. The third-order valence-electron chi connectivity index (χ3n) is 10.6. The van der Waals surface area contributed by atoms with Crippen LogP contribution in [0.25, 0.3) is 0 Å². The van der Waals surface area contributed by atoms with Crippen LogP contribution in [0.5, 0.6) is 0 Å². The van der Waals surface area contributed by atoms with Crippen LogP contribution >= 0.6 is 23.2 Å². The van der Waals surface area contributed by atoms with Gasteiger partial charge in [0.2, 0.25) is 0 Å². The van der Waals surface area contributed by atoms with Crippen molar-refractivity contribution in [3.8, 4) is 0 Å². The highest BCUT2D eigenvalue weighted by Gasteiger charge is 2.33. The number of halogens is 2. The molecule has 0 bridgehead atoms. The van der Waals surface area contributed by atoms with E-state index in [9.17, 15) is 0 Å². The standard InChI is InChI=1S/C37H47Cl2N5/c1-5-27(2)44-28(3)43(26-40-44)34-13-11-33(12-14-34)41-20-22-42(23-21-41)37(4)18-16-29(17-19-37)6-7-30-8-9-31(24-30)35-15-10-32(38)25-36(35)39/h10-18,25-27,30-31H,3,5-9,19-24H2,1-2,4H3/t27?,30-,31?,37?/m1/s1. The van der Waals surface area contributed by atoms with Crippen molar-refractivity contribution in [1.82, 2.24) is 9.91 Å². The Morgan fingerprint density at radius 1 is 1.02 bits per heavy atom. The van der Waals surface area contributed by atoms with Crippen molar-refractivity contribution >= 4 is 40.9 Å². The molecule has 2 heterocycles. The highest BCUT2D eigenvalue weighted by molar-refractivity contribution is 6.35. The Morgan fingerprint density at radius 2 is 1.77 bits per heavy atom. The lowest BCUT2D eigenvalue weighted by Crippen LogP contribution is -2.55. The predicted molar refractivity (Wildman–Crippen MR) is 188 cm³/mol. The summed E-state index contributed by atoms with van der Waals surface area (Å²) in [5, 5.41) is 8.13. The highest BCUT2D eigenvalue weighted by atomic mass is 35.5. The van der Waals surface area contributed by atoms with Gasteiger partial charge in [-0.15, -0.1) is 0 Å². The van der Waals surface area contributed by atoms with Gasteiger partial charge < -0.3 is 4.90 Å². The summed E-state index contributed by atoms with van der Waals surface area (Å²) in [7, 11) is 0. The van der Waals surface area contributed by atoms with Gasteiger partial charge in [0.05, 0.1) is 6.04 Å². The van der Waals surface area contributed by atoms with Gasteiger partial charge in [0.25, 0.3) is 0 Å². The summed E-state index contributed by atoms with van der Waals surface area (Å²) in [5.41, 5.74) is 5.27. The topological polar surface area (TPSA) is 25.3 Å². The van der Waals surface area contributed by atoms with Crippen molar-refractivity contribution in [2.24, 2.45) is 11.0 Å². The van der Waals surface area contributed by atoms with Gasteiger partial charge in [0, 0.05) is 53.1 Å². The Hall–Kier alpha value is -2.73. The molecular weight excluding hydrogens is 585 g/mol. The number of nitrogens with zero attached hydrogens (tertiary/aromatic N) is 5. The van der Waals surface area contributed by atoms with Crippen LogP contribution in [0.4, 0.5) is 11.4 Å². The Kier molecular flexibility index (Phi) is 9.47. The zero-order valence-electron chi connectivity index (χ0n) is 26.6. The molecule has 4 aliphatic rings. The number of anilines is 2. The average molecular weight is 633 g/mol. The van der Waals surface area contributed by atoms with Crippen molar-refractivity contribution < 1.29 is 0 Å². The van der Waals surface area contributed by atoms with E-state index >= 15 is 0 Å². The van der Waals surface area contributed by atoms with E-state index in [1.165, 1.54) is 48.9 Å². The van der Waals surface area contributed by atoms with E-state index in [0.717, 1.165) is 66.5 Å². The average Bonchev–Trinajstić information content (AvgIpc) is 3.67. The molecule has 6 rings (SSSR count). The molecule has 0 radical (unpaired) electrons. The molecule has 2 aromatic carbocycles. The van der Waals surface area contributed by atoms with E-state index in [2.05, 4.69) is 95.7 Å². The summed E-state index contributed by atoms with van der Waals surface area (Å²) in [4.78, 5) is 7.27. The molecule has 2 aliphatic carbocycles. The van der Waals surface area contributed by atoms with Crippen molar-refractivity contribution in [2.75, 3.05) is 36.0 Å². The van der Waals surface area contributed by atoms with Crippen molar-refractivity contribution in [3.05, 3.63) is 94.3 Å². The van der Waals surface area contributed by atoms with Gasteiger partial charge in [-0.2, -0.15) is 5.10 Å². The molecule has 1 saturated carbocycles. The van der Waals surface area contributed by atoms with Gasteiger partial charge in [-0.1, -0.05) is 66.6 Å². The van der Waals surface area contributed by atoms with E-state index in [1.54, 1.807) is 0 Å². The molecule has 4 atom stereocenters. The first-order chi connectivity index (χ1) is 21.2. The Morgan fingerprint density at radius 3 is 2.45 bits per heavy atom. The van der Waals surface area contributed by atoms with E-state index in [-0.39, 0.29) is 5.54 Å². The van der Waals surface area contributed by atoms with Gasteiger partial charge in [-0.25, -0.2) is 5.01 Å². The van der Waals surface area contributed by atoms with Gasteiger partial charge in [0.15, 0.2) is 0 Å². The minimum Gasteiger partial charge on any atom is -0.369 e. The number of hydrogen-bond acceptors (Lipinski definition) is 5. The minimum absolute atomic E-state index is 0.0974. The second-order valence-electron chi connectivity index (χ2n) is 13.4. The maximum atomic E-state index is 6.52. The first kappa shape index (κ1) is 31.3. The van der Waals surface area contributed by atoms with Crippen LogP contribution in [-0.4, -0.2) is 54.0 Å². The van der Waals surface area contributed by atoms with E-state index in [4.69, 9.17) is 23.2 Å². The fourth-order valence-corrected chi connectivity index (χ4v) is 7.97. The van der Waals surface area contributed by atoms with Crippen molar-refractivity contribution in [2.45, 2.75) is 83.2 Å². The lowest BCUT2D eigenvalue weighted by atomic mass is 9.86. The Labute approximate surface area is 274 Å². The third-order valence-corrected chi connectivity index (χ3v) is 11.1.